The van der Waals surface area contributed by atoms with Crippen molar-refractivity contribution in [2.45, 2.75) is 39.0 Å². The zero-order valence-corrected chi connectivity index (χ0v) is 12.4. The number of nitrogens with zero attached hydrogens (tertiary/aromatic N) is 2. The second-order valence-corrected chi connectivity index (χ2v) is 5.64. The number of amides is 1. The number of nitrogens with two attached hydrogens (primary N) is 1. The number of carbonyl (C=O) groups is 1. The molecule has 0 aromatic carbocycles. The van der Waals surface area contributed by atoms with Crippen molar-refractivity contribution in [1.82, 2.24) is 9.97 Å². The van der Waals surface area contributed by atoms with Gasteiger partial charge in [-0.15, -0.1) is 0 Å². The monoisotopic (exact) mass is 284 g/mol. The second kappa shape index (κ2) is 5.31. The van der Waals surface area contributed by atoms with Gasteiger partial charge >= 0.3 is 0 Å². The van der Waals surface area contributed by atoms with Gasteiger partial charge in [-0.3, -0.25) is 9.78 Å². The molecule has 1 amide bonds. The number of aromatic nitrogens is 2. The SMILES string of the molecule is CCc1nc2c(nc1NC(C)=O)CCC1C=C(N)C=CC21. The van der Waals surface area contributed by atoms with Gasteiger partial charge in [0.25, 0.3) is 0 Å². The molecule has 3 rings (SSSR count). The average molecular weight is 284 g/mol. The summed E-state index contributed by atoms with van der Waals surface area (Å²) in [7, 11) is 0. The van der Waals surface area contributed by atoms with E-state index in [1.54, 1.807) is 0 Å². The molecule has 1 aromatic heterocycles. The van der Waals surface area contributed by atoms with Crippen molar-refractivity contribution < 1.29 is 4.79 Å². The molecule has 5 heteroatoms. The largest absolute Gasteiger partial charge is 0.399 e. The summed E-state index contributed by atoms with van der Waals surface area (Å²) in [5.41, 5.74) is 9.60. The minimum absolute atomic E-state index is 0.110. The Balaban J connectivity index is 2.02. The normalized spacial score (nSPS) is 23.0. The van der Waals surface area contributed by atoms with Crippen molar-refractivity contribution >= 4 is 11.7 Å². The summed E-state index contributed by atoms with van der Waals surface area (Å²) < 4.78 is 0. The van der Waals surface area contributed by atoms with Gasteiger partial charge in [-0.05, 0) is 31.3 Å². The molecule has 2 atom stereocenters. The number of nitrogens with one attached hydrogen (secondary N) is 1. The molecule has 0 saturated carbocycles. The molecule has 0 fully saturated rings. The predicted octanol–water partition coefficient (Wildman–Crippen LogP) is 2.06. The van der Waals surface area contributed by atoms with Crippen LogP contribution in [0, 0.1) is 5.92 Å². The molecule has 0 saturated heterocycles. The van der Waals surface area contributed by atoms with E-state index in [0.717, 1.165) is 42.0 Å². The van der Waals surface area contributed by atoms with E-state index in [2.05, 4.69) is 22.5 Å². The highest BCUT2D eigenvalue weighted by atomic mass is 16.1. The smallest absolute Gasteiger partial charge is 0.222 e. The van der Waals surface area contributed by atoms with E-state index in [4.69, 9.17) is 10.7 Å². The highest BCUT2D eigenvalue weighted by molar-refractivity contribution is 5.88. The van der Waals surface area contributed by atoms with E-state index in [9.17, 15) is 4.79 Å². The fourth-order valence-corrected chi connectivity index (χ4v) is 3.11. The molecule has 2 unspecified atom stereocenters. The van der Waals surface area contributed by atoms with E-state index in [1.807, 2.05) is 13.0 Å². The van der Waals surface area contributed by atoms with Crippen LogP contribution in [-0.4, -0.2) is 15.9 Å². The maximum Gasteiger partial charge on any atom is 0.222 e. The first-order chi connectivity index (χ1) is 10.1. The van der Waals surface area contributed by atoms with Crippen molar-refractivity contribution in [2.24, 2.45) is 11.7 Å². The molecule has 0 aliphatic heterocycles. The third-order valence-corrected chi connectivity index (χ3v) is 4.09. The van der Waals surface area contributed by atoms with E-state index in [0.29, 0.717) is 11.7 Å². The highest BCUT2D eigenvalue weighted by Crippen LogP contribution is 2.39. The van der Waals surface area contributed by atoms with Gasteiger partial charge in [0.2, 0.25) is 5.91 Å². The van der Waals surface area contributed by atoms with Crippen molar-refractivity contribution in [1.29, 1.82) is 0 Å². The van der Waals surface area contributed by atoms with Crippen molar-refractivity contribution in [3.63, 3.8) is 0 Å². The summed E-state index contributed by atoms with van der Waals surface area (Å²) in [6.45, 7) is 3.52. The molecule has 5 nitrogen and oxygen atoms in total. The quantitative estimate of drug-likeness (QED) is 0.871. The van der Waals surface area contributed by atoms with E-state index in [1.165, 1.54) is 6.92 Å². The third kappa shape index (κ3) is 2.55. The first-order valence-electron chi connectivity index (χ1n) is 7.41. The summed E-state index contributed by atoms with van der Waals surface area (Å²) in [4.78, 5) is 20.8. The maximum absolute atomic E-state index is 11.3. The lowest BCUT2D eigenvalue weighted by molar-refractivity contribution is -0.114. The molecule has 2 aliphatic carbocycles. The Morgan fingerprint density at radius 2 is 2.29 bits per heavy atom. The third-order valence-electron chi connectivity index (χ3n) is 4.09. The molecule has 3 N–H and O–H groups in total. The fourth-order valence-electron chi connectivity index (χ4n) is 3.11. The Bertz CT molecular complexity index is 648. The van der Waals surface area contributed by atoms with Crippen LogP contribution in [0.4, 0.5) is 5.82 Å². The lowest BCUT2D eigenvalue weighted by atomic mass is 9.76. The standard InChI is InChI=1S/C16H20N4O/c1-3-13-16(18-9(2)21)20-14-7-4-10-8-11(17)5-6-12(10)15(14)19-13/h5-6,8,10,12H,3-4,7,17H2,1-2H3,(H,18,20,21). The fraction of sp³-hybridized carbons (Fsp3) is 0.438. The second-order valence-electron chi connectivity index (χ2n) is 5.64. The van der Waals surface area contributed by atoms with Crippen molar-refractivity contribution in [2.75, 3.05) is 5.32 Å². The van der Waals surface area contributed by atoms with Gasteiger partial charge < -0.3 is 11.1 Å². The van der Waals surface area contributed by atoms with Crippen LogP contribution >= 0.6 is 0 Å². The number of allylic oxidation sites excluding steroid dienone is 3. The molecule has 1 heterocycles. The topological polar surface area (TPSA) is 80.9 Å². The Labute approximate surface area is 124 Å². The zero-order chi connectivity index (χ0) is 15.0. The molecule has 2 aliphatic rings. The van der Waals surface area contributed by atoms with Crippen LogP contribution in [0.15, 0.2) is 23.9 Å². The number of rotatable bonds is 2. The molecule has 0 radical (unpaired) electrons. The van der Waals surface area contributed by atoms with Crippen LogP contribution in [0.5, 0.6) is 0 Å². The lowest BCUT2D eigenvalue weighted by Crippen LogP contribution is -2.25. The summed E-state index contributed by atoms with van der Waals surface area (Å²) in [6, 6.07) is 0. The maximum atomic E-state index is 11.3. The number of hydrogen-bond acceptors (Lipinski definition) is 4. The summed E-state index contributed by atoms with van der Waals surface area (Å²) >= 11 is 0. The minimum atomic E-state index is -0.110. The number of carbonyl (C=O) groups excluding carboxylic acids is 1. The van der Waals surface area contributed by atoms with Crippen LogP contribution in [0.2, 0.25) is 0 Å². The van der Waals surface area contributed by atoms with Gasteiger partial charge in [-0.25, -0.2) is 4.98 Å². The van der Waals surface area contributed by atoms with Gasteiger partial charge in [0.15, 0.2) is 5.82 Å². The van der Waals surface area contributed by atoms with Crippen LogP contribution in [0.3, 0.4) is 0 Å². The van der Waals surface area contributed by atoms with Gasteiger partial charge in [0, 0.05) is 18.5 Å². The van der Waals surface area contributed by atoms with Gasteiger partial charge in [-0.1, -0.05) is 19.1 Å². The highest BCUT2D eigenvalue weighted by Gasteiger charge is 2.31. The molecule has 0 spiro atoms. The molecular formula is C16H20N4O. The Kier molecular flexibility index (Phi) is 3.49. The van der Waals surface area contributed by atoms with E-state index in [-0.39, 0.29) is 11.8 Å². The first-order valence-corrected chi connectivity index (χ1v) is 7.41. The summed E-state index contributed by atoms with van der Waals surface area (Å²) in [5, 5.41) is 2.79. The van der Waals surface area contributed by atoms with Gasteiger partial charge in [-0.2, -0.15) is 0 Å². The molecule has 0 bridgehead atoms. The van der Waals surface area contributed by atoms with E-state index >= 15 is 0 Å². The minimum Gasteiger partial charge on any atom is -0.399 e. The predicted molar refractivity (Wildman–Crippen MR) is 81.7 cm³/mol. The molecule has 1 aromatic rings. The number of hydrogen-bond donors (Lipinski definition) is 2. The molecule has 21 heavy (non-hydrogen) atoms. The zero-order valence-electron chi connectivity index (χ0n) is 12.4. The van der Waals surface area contributed by atoms with Gasteiger partial charge in [0.1, 0.15) is 0 Å². The summed E-state index contributed by atoms with van der Waals surface area (Å²) in [5.74, 6) is 1.16. The summed E-state index contributed by atoms with van der Waals surface area (Å²) in [6.07, 6.45) is 8.84. The van der Waals surface area contributed by atoms with Crippen molar-refractivity contribution in [3.05, 3.63) is 41.0 Å². The number of fused-ring (bicyclic) bond motifs is 3. The lowest BCUT2D eigenvalue weighted by Gasteiger charge is -2.31. The molecular weight excluding hydrogens is 264 g/mol. The Morgan fingerprint density at radius 1 is 1.48 bits per heavy atom. The van der Waals surface area contributed by atoms with Crippen LogP contribution < -0.4 is 11.1 Å². The van der Waals surface area contributed by atoms with E-state index < -0.39 is 0 Å². The molecule has 110 valence electrons. The van der Waals surface area contributed by atoms with Gasteiger partial charge in [0.05, 0.1) is 17.1 Å². The first kappa shape index (κ1) is 13.8. The average Bonchev–Trinajstić information content (AvgIpc) is 2.45. The number of anilines is 1. The van der Waals surface area contributed by atoms with Crippen LogP contribution in [-0.2, 0) is 17.6 Å². The van der Waals surface area contributed by atoms with Crippen molar-refractivity contribution in [3.8, 4) is 0 Å². The Hall–Kier alpha value is -2.17. The van der Waals surface area contributed by atoms with Crippen LogP contribution in [0.1, 0.15) is 43.3 Å². The number of aryl methyl sites for hydroxylation is 2. The Morgan fingerprint density at radius 3 is 3.00 bits per heavy atom. The van der Waals surface area contributed by atoms with Crippen LogP contribution in [0.25, 0.3) is 0 Å².